The van der Waals surface area contributed by atoms with E-state index in [4.69, 9.17) is 21.1 Å². The molecule has 0 aliphatic carbocycles. The molecule has 1 aliphatic heterocycles. The Hall–Kier alpha value is -2.26. The van der Waals surface area contributed by atoms with Gasteiger partial charge in [-0.05, 0) is 25.0 Å². The van der Waals surface area contributed by atoms with Crippen LogP contribution < -0.4 is 10.2 Å². The summed E-state index contributed by atoms with van der Waals surface area (Å²) in [5.74, 6) is -1.02. The number of alkyl halides is 3. The van der Waals surface area contributed by atoms with Gasteiger partial charge in [-0.1, -0.05) is 32.4 Å². The topological polar surface area (TPSA) is 57.8 Å². The van der Waals surface area contributed by atoms with Crippen molar-refractivity contribution in [1.29, 1.82) is 0 Å². The second kappa shape index (κ2) is 8.94. The van der Waals surface area contributed by atoms with Gasteiger partial charge < -0.3 is 9.47 Å². The van der Waals surface area contributed by atoms with Gasteiger partial charge in [-0.3, -0.25) is 14.2 Å². The molecule has 1 saturated heterocycles. The molecule has 0 N–H and O–H groups in total. The van der Waals surface area contributed by atoms with Gasteiger partial charge in [0.05, 0.1) is 35.9 Å². The number of amides is 1. The third-order valence-electron chi connectivity index (χ3n) is 5.43. The lowest BCUT2D eigenvalue weighted by atomic mass is 9.92. The molecule has 2 heterocycles. The average molecular weight is 474 g/mol. The summed E-state index contributed by atoms with van der Waals surface area (Å²) in [4.78, 5) is 17.2. The van der Waals surface area contributed by atoms with Gasteiger partial charge in [0.25, 0.3) is 5.91 Å². The first kappa shape index (κ1) is 24.4. The summed E-state index contributed by atoms with van der Waals surface area (Å²) in [5, 5.41) is -0.309. The summed E-state index contributed by atoms with van der Waals surface area (Å²) in [6.45, 7) is 7.23. The van der Waals surface area contributed by atoms with E-state index in [2.05, 4.69) is 4.99 Å². The highest BCUT2D eigenvalue weighted by Gasteiger charge is 2.33. The van der Waals surface area contributed by atoms with Gasteiger partial charge in [-0.25, -0.2) is 0 Å². The second-order valence-corrected chi connectivity index (χ2v) is 9.24. The molecule has 1 aromatic carbocycles. The van der Waals surface area contributed by atoms with Crippen LogP contribution in [-0.2, 0) is 29.9 Å². The molecule has 2 aromatic rings. The van der Waals surface area contributed by atoms with Crippen LogP contribution in [0.25, 0.3) is 0 Å². The van der Waals surface area contributed by atoms with Crippen LogP contribution in [0, 0.1) is 0 Å². The van der Waals surface area contributed by atoms with E-state index >= 15 is 0 Å². The first-order valence-electron chi connectivity index (χ1n) is 10.3. The van der Waals surface area contributed by atoms with Crippen LogP contribution in [0.2, 0.25) is 5.02 Å². The van der Waals surface area contributed by atoms with E-state index in [1.54, 1.807) is 6.07 Å². The molecule has 1 aliphatic rings. The van der Waals surface area contributed by atoms with E-state index in [1.165, 1.54) is 7.11 Å². The minimum Gasteiger partial charge on any atom is -0.494 e. The van der Waals surface area contributed by atoms with Crippen molar-refractivity contribution in [3.8, 4) is 5.75 Å². The van der Waals surface area contributed by atoms with Crippen LogP contribution in [0.15, 0.2) is 23.2 Å². The van der Waals surface area contributed by atoms with Crippen LogP contribution in [-0.4, -0.2) is 35.1 Å². The predicted molar refractivity (Wildman–Crippen MR) is 114 cm³/mol. The number of aromatic nitrogens is 2. The summed E-state index contributed by atoms with van der Waals surface area (Å²) >= 11 is 5.98. The second-order valence-electron chi connectivity index (χ2n) is 8.83. The lowest BCUT2D eigenvalue weighted by molar-refractivity contribution is -0.137. The van der Waals surface area contributed by atoms with Gasteiger partial charge >= 0.3 is 6.18 Å². The Morgan fingerprint density at radius 2 is 1.97 bits per heavy atom. The van der Waals surface area contributed by atoms with E-state index in [0.717, 1.165) is 24.6 Å². The maximum atomic E-state index is 13.3. The first-order chi connectivity index (χ1) is 14.8. The Bertz CT molecular complexity index is 1080. The fourth-order valence-corrected chi connectivity index (χ4v) is 4.15. The highest BCUT2D eigenvalue weighted by molar-refractivity contribution is 6.32. The predicted octanol–water partition coefficient (Wildman–Crippen LogP) is 4.73. The molecule has 10 heteroatoms. The summed E-state index contributed by atoms with van der Waals surface area (Å²) in [6.07, 6.45) is -2.86. The van der Waals surface area contributed by atoms with Crippen molar-refractivity contribution in [2.45, 2.75) is 57.9 Å². The van der Waals surface area contributed by atoms with Crippen molar-refractivity contribution in [1.82, 2.24) is 9.36 Å². The molecule has 6 nitrogen and oxygen atoms in total. The Kier molecular flexibility index (Phi) is 6.81. The molecule has 176 valence electrons. The molecular weight excluding hydrogens is 447 g/mol. The van der Waals surface area contributed by atoms with Crippen molar-refractivity contribution in [3.05, 3.63) is 45.5 Å². The fourth-order valence-electron chi connectivity index (χ4n) is 3.85. The molecule has 1 atom stereocenters. The van der Waals surface area contributed by atoms with Crippen molar-refractivity contribution in [2.75, 3.05) is 13.7 Å². The number of benzene rings is 1. The molecule has 0 radical (unpaired) electrons. The number of nitrogens with zero attached hydrogens (tertiary/aromatic N) is 3. The normalized spacial score (nSPS) is 17.8. The van der Waals surface area contributed by atoms with Crippen molar-refractivity contribution in [2.24, 2.45) is 12.0 Å². The number of hydrogen-bond donors (Lipinski definition) is 0. The van der Waals surface area contributed by atoms with E-state index in [9.17, 15) is 18.0 Å². The fraction of sp³-hybridized carbons (Fsp3) is 0.545. The summed E-state index contributed by atoms with van der Waals surface area (Å²) in [7, 11) is 3.10. The molecular formula is C22H27ClF3N3O3. The summed E-state index contributed by atoms with van der Waals surface area (Å²) < 4.78 is 54.4. The summed E-state index contributed by atoms with van der Waals surface area (Å²) in [5.41, 5.74) is -0.402. The van der Waals surface area contributed by atoms with Crippen LogP contribution in [0.1, 0.15) is 55.2 Å². The van der Waals surface area contributed by atoms with Crippen LogP contribution >= 0.6 is 11.6 Å². The molecule has 0 spiro atoms. The quantitative estimate of drug-likeness (QED) is 0.645. The molecule has 3 rings (SSSR count). The monoisotopic (exact) mass is 473 g/mol. The molecule has 1 aromatic heterocycles. The van der Waals surface area contributed by atoms with E-state index < -0.39 is 17.6 Å². The molecule has 1 fully saturated rings. The van der Waals surface area contributed by atoms with Crippen LogP contribution in [0.5, 0.6) is 5.75 Å². The molecule has 0 bridgehead atoms. The van der Waals surface area contributed by atoms with Gasteiger partial charge in [0.2, 0.25) is 0 Å². The van der Waals surface area contributed by atoms with Crippen molar-refractivity contribution >= 4 is 17.5 Å². The zero-order chi connectivity index (χ0) is 23.8. The smallest absolute Gasteiger partial charge is 0.416 e. The Morgan fingerprint density at radius 1 is 1.28 bits per heavy atom. The highest BCUT2D eigenvalue weighted by Crippen LogP contribution is 2.37. The highest BCUT2D eigenvalue weighted by atomic mass is 35.5. The zero-order valence-corrected chi connectivity index (χ0v) is 19.5. The first-order valence-corrected chi connectivity index (χ1v) is 10.6. The number of rotatable bonds is 4. The van der Waals surface area contributed by atoms with Crippen LogP contribution in [0.4, 0.5) is 13.2 Å². The number of hydrogen-bond acceptors (Lipinski definition) is 3. The number of carbonyl (C=O) groups excluding carboxylic acids is 1. The van der Waals surface area contributed by atoms with Gasteiger partial charge in [0, 0.05) is 30.8 Å². The molecule has 0 saturated carbocycles. The van der Waals surface area contributed by atoms with Crippen LogP contribution in [0.3, 0.4) is 0 Å². The average Bonchev–Trinajstić information content (AvgIpc) is 3.29. The minimum absolute atomic E-state index is 0.0250. The SMILES string of the molecule is COc1c(Cl)cc(C(F)(F)F)cc1C(=O)N=c1cc(C(C)(C)C)n(C)n1C[C@H]1CCCO1. The number of ether oxygens (including phenoxy) is 2. The van der Waals surface area contributed by atoms with E-state index in [-0.39, 0.29) is 27.9 Å². The number of halogens is 4. The van der Waals surface area contributed by atoms with Crippen molar-refractivity contribution < 1.29 is 27.4 Å². The van der Waals surface area contributed by atoms with Gasteiger partial charge in [0.15, 0.2) is 5.49 Å². The molecule has 0 unspecified atom stereocenters. The Balaban J connectivity index is 2.15. The standard InChI is InChI=1S/C22H27ClF3N3O3/c1-21(2,3)17-11-18(29(28(17)4)12-14-7-6-8-32-14)27-20(30)15-9-13(22(24,25)26)10-16(23)19(15)31-5/h9-11,14H,6-8,12H2,1-5H3/t14-/m1/s1. The summed E-state index contributed by atoms with van der Waals surface area (Å²) in [6, 6.07) is 3.22. The Morgan fingerprint density at radius 3 is 2.50 bits per heavy atom. The maximum Gasteiger partial charge on any atom is 0.416 e. The number of carbonyl (C=O) groups is 1. The lowest BCUT2D eigenvalue weighted by Gasteiger charge is -2.21. The number of methoxy groups -OCH3 is 1. The Labute approximate surface area is 189 Å². The third-order valence-corrected chi connectivity index (χ3v) is 5.71. The maximum absolute atomic E-state index is 13.3. The zero-order valence-electron chi connectivity index (χ0n) is 18.7. The van der Waals surface area contributed by atoms with Gasteiger partial charge in [0.1, 0.15) is 5.75 Å². The lowest BCUT2D eigenvalue weighted by Crippen LogP contribution is -2.30. The van der Waals surface area contributed by atoms with E-state index in [0.29, 0.717) is 24.7 Å². The van der Waals surface area contributed by atoms with Gasteiger partial charge in [-0.2, -0.15) is 18.2 Å². The molecule has 1 amide bonds. The largest absolute Gasteiger partial charge is 0.494 e. The third kappa shape index (κ3) is 5.04. The minimum atomic E-state index is -4.67. The van der Waals surface area contributed by atoms with E-state index in [1.807, 2.05) is 37.2 Å². The molecule has 32 heavy (non-hydrogen) atoms. The van der Waals surface area contributed by atoms with Crippen molar-refractivity contribution in [3.63, 3.8) is 0 Å². The van der Waals surface area contributed by atoms with Gasteiger partial charge in [-0.15, -0.1) is 0 Å².